The Morgan fingerprint density at radius 2 is 1.81 bits per heavy atom. The number of carbonyl (C=O) groups is 1. The minimum atomic E-state index is -0.414. The van der Waals surface area contributed by atoms with Crippen LogP contribution in [0.3, 0.4) is 0 Å². The molecule has 1 aromatic heterocycles. The van der Waals surface area contributed by atoms with E-state index in [-0.39, 0.29) is 18.9 Å². The number of hydrogen-bond donors (Lipinski definition) is 1. The summed E-state index contributed by atoms with van der Waals surface area (Å²) >= 11 is 5.86. The zero-order chi connectivity index (χ0) is 18.5. The fourth-order valence-electron chi connectivity index (χ4n) is 2.91. The number of halogens is 1. The molecule has 0 fully saturated rings. The molecular formula is C21H20ClNO3. The quantitative estimate of drug-likeness (QED) is 0.660. The Labute approximate surface area is 156 Å². The van der Waals surface area contributed by atoms with Crippen LogP contribution in [0.5, 0.6) is 0 Å². The Hall–Kier alpha value is -2.59. The van der Waals surface area contributed by atoms with Gasteiger partial charge in [-0.1, -0.05) is 43.1 Å². The second kappa shape index (κ2) is 8.19. The lowest BCUT2D eigenvalue weighted by molar-refractivity contribution is -0.120. The highest BCUT2D eigenvalue weighted by Crippen LogP contribution is 2.20. The smallest absolute Gasteiger partial charge is 0.336 e. The molecule has 0 unspecified atom stereocenters. The Morgan fingerprint density at radius 1 is 1.08 bits per heavy atom. The number of fused-ring (bicyclic) bond motifs is 1. The second-order valence-electron chi connectivity index (χ2n) is 6.25. The summed E-state index contributed by atoms with van der Waals surface area (Å²) in [5.41, 5.74) is 2.96. The standard InChI is InChI=1S/C21H20ClNO3/c1-2-3-14-6-9-19-18(10-14)16(12-21(25)26-19)13-23-20(24)11-15-4-7-17(22)8-5-15/h4-10,12H,2-3,11,13H2,1H3,(H,23,24). The third kappa shape index (κ3) is 4.52. The molecule has 1 N–H and O–H groups in total. The molecule has 3 rings (SSSR count). The van der Waals surface area contributed by atoms with Crippen molar-refractivity contribution < 1.29 is 9.21 Å². The van der Waals surface area contributed by atoms with Gasteiger partial charge in [-0.05, 0) is 47.4 Å². The molecule has 1 amide bonds. The van der Waals surface area contributed by atoms with Gasteiger partial charge in [0.05, 0.1) is 6.42 Å². The summed E-state index contributed by atoms with van der Waals surface area (Å²) in [5, 5.41) is 4.38. The van der Waals surface area contributed by atoms with Gasteiger partial charge in [-0.25, -0.2) is 4.79 Å². The third-order valence-electron chi connectivity index (χ3n) is 4.19. The SMILES string of the molecule is CCCc1ccc2oc(=O)cc(CNC(=O)Cc3ccc(Cl)cc3)c2c1. The minimum absolute atomic E-state index is 0.113. The lowest BCUT2D eigenvalue weighted by atomic mass is 10.0. The van der Waals surface area contributed by atoms with Crippen LogP contribution in [0.1, 0.15) is 30.0 Å². The predicted octanol–water partition coefficient (Wildman–Crippen LogP) is 4.26. The molecule has 0 aliphatic carbocycles. The van der Waals surface area contributed by atoms with Crippen molar-refractivity contribution in [1.29, 1.82) is 0 Å². The normalized spacial score (nSPS) is 10.8. The summed E-state index contributed by atoms with van der Waals surface area (Å²) in [7, 11) is 0. The molecule has 0 aliphatic heterocycles. The van der Waals surface area contributed by atoms with E-state index >= 15 is 0 Å². The highest BCUT2D eigenvalue weighted by Gasteiger charge is 2.09. The van der Waals surface area contributed by atoms with Crippen LogP contribution in [0.4, 0.5) is 0 Å². The Balaban J connectivity index is 1.76. The highest BCUT2D eigenvalue weighted by molar-refractivity contribution is 6.30. The zero-order valence-corrected chi connectivity index (χ0v) is 15.3. The Bertz CT molecular complexity index is 977. The molecule has 0 saturated heterocycles. The van der Waals surface area contributed by atoms with Crippen LogP contribution in [-0.2, 0) is 24.2 Å². The molecule has 3 aromatic rings. The van der Waals surface area contributed by atoms with Crippen LogP contribution in [-0.4, -0.2) is 5.91 Å². The first-order valence-corrected chi connectivity index (χ1v) is 9.00. The van der Waals surface area contributed by atoms with Crippen LogP contribution >= 0.6 is 11.6 Å². The monoisotopic (exact) mass is 369 g/mol. The van der Waals surface area contributed by atoms with E-state index in [1.165, 1.54) is 11.6 Å². The summed E-state index contributed by atoms with van der Waals surface area (Å²) in [6.07, 6.45) is 2.25. The number of aryl methyl sites for hydroxylation is 1. The van der Waals surface area contributed by atoms with Crippen LogP contribution < -0.4 is 10.9 Å². The van der Waals surface area contributed by atoms with Gasteiger partial charge in [0.15, 0.2) is 0 Å². The van der Waals surface area contributed by atoms with E-state index in [9.17, 15) is 9.59 Å². The van der Waals surface area contributed by atoms with Gasteiger partial charge in [0.25, 0.3) is 0 Å². The maximum atomic E-state index is 12.2. The summed E-state index contributed by atoms with van der Waals surface area (Å²) in [4.78, 5) is 24.0. The van der Waals surface area contributed by atoms with Gasteiger partial charge < -0.3 is 9.73 Å². The van der Waals surface area contributed by atoms with Crippen molar-refractivity contribution in [2.45, 2.75) is 32.7 Å². The molecule has 4 nitrogen and oxygen atoms in total. The first-order valence-electron chi connectivity index (χ1n) is 8.62. The summed E-state index contributed by atoms with van der Waals surface area (Å²) in [6, 6.07) is 14.4. The number of amides is 1. The molecule has 1 heterocycles. The van der Waals surface area contributed by atoms with E-state index in [4.69, 9.17) is 16.0 Å². The largest absolute Gasteiger partial charge is 0.423 e. The molecule has 0 spiro atoms. The van der Waals surface area contributed by atoms with E-state index in [2.05, 4.69) is 12.2 Å². The van der Waals surface area contributed by atoms with Gasteiger partial charge in [0, 0.05) is 23.0 Å². The fraction of sp³-hybridized carbons (Fsp3) is 0.238. The first-order chi connectivity index (χ1) is 12.5. The van der Waals surface area contributed by atoms with E-state index in [1.54, 1.807) is 12.1 Å². The van der Waals surface area contributed by atoms with Crippen molar-refractivity contribution in [2.24, 2.45) is 0 Å². The van der Waals surface area contributed by atoms with Crippen molar-refractivity contribution in [3.05, 3.63) is 80.7 Å². The molecular weight excluding hydrogens is 350 g/mol. The average Bonchev–Trinajstić information content (AvgIpc) is 2.62. The Kier molecular flexibility index (Phi) is 5.74. The van der Waals surface area contributed by atoms with Crippen molar-refractivity contribution in [2.75, 3.05) is 0 Å². The third-order valence-corrected chi connectivity index (χ3v) is 4.44. The van der Waals surface area contributed by atoms with Gasteiger partial charge >= 0.3 is 5.63 Å². The fourth-order valence-corrected chi connectivity index (χ4v) is 3.04. The number of nitrogens with one attached hydrogen (secondary N) is 1. The van der Waals surface area contributed by atoms with Crippen molar-refractivity contribution in [1.82, 2.24) is 5.32 Å². The van der Waals surface area contributed by atoms with Gasteiger partial charge in [0.2, 0.25) is 5.91 Å². The molecule has 0 aliphatic rings. The number of benzene rings is 2. The van der Waals surface area contributed by atoms with Crippen LogP contribution in [0.2, 0.25) is 5.02 Å². The molecule has 5 heteroatoms. The number of carbonyl (C=O) groups excluding carboxylic acids is 1. The topological polar surface area (TPSA) is 59.3 Å². The molecule has 26 heavy (non-hydrogen) atoms. The summed E-state index contributed by atoms with van der Waals surface area (Å²) in [5.74, 6) is -0.113. The first kappa shape index (κ1) is 18.2. The molecule has 0 radical (unpaired) electrons. The van der Waals surface area contributed by atoms with Crippen LogP contribution in [0.25, 0.3) is 11.0 Å². The molecule has 2 aromatic carbocycles. The lowest BCUT2D eigenvalue weighted by Gasteiger charge is -2.09. The van der Waals surface area contributed by atoms with Gasteiger partial charge in [-0.15, -0.1) is 0 Å². The van der Waals surface area contributed by atoms with Crippen molar-refractivity contribution >= 4 is 28.5 Å². The van der Waals surface area contributed by atoms with Crippen molar-refractivity contribution in [3.8, 4) is 0 Å². The molecule has 134 valence electrons. The maximum Gasteiger partial charge on any atom is 0.336 e. The molecule has 0 saturated carbocycles. The summed E-state index contributed by atoms with van der Waals surface area (Å²) in [6.45, 7) is 2.40. The van der Waals surface area contributed by atoms with Crippen LogP contribution in [0.15, 0.2) is 57.7 Å². The highest BCUT2D eigenvalue weighted by atomic mass is 35.5. The van der Waals surface area contributed by atoms with E-state index in [1.807, 2.05) is 30.3 Å². The van der Waals surface area contributed by atoms with Crippen LogP contribution in [0, 0.1) is 0 Å². The maximum absolute atomic E-state index is 12.2. The van der Waals surface area contributed by atoms with Gasteiger partial charge in [-0.3, -0.25) is 4.79 Å². The minimum Gasteiger partial charge on any atom is -0.423 e. The predicted molar refractivity (Wildman–Crippen MR) is 103 cm³/mol. The van der Waals surface area contributed by atoms with Gasteiger partial charge in [0.1, 0.15) is 5.58 Å². The average molecular weight is 370 g/mol. The number of hydrogen-bond acceptors (Lipinski definition) is 3. The van der Waals surface area contributed by atoms with Crippen molar-refractivity contribution in [3.63, 3.8) is 0 Å². The second-order valence-corrected chi connectivity index (χ2v) is 6.69. The van der Waals surface area contributed by atoms with E-state index in [0.29, 0.717) is 10.6 Å². The number of rotatable bonds is 6. The lowest BCUT2D eigenvalue weighted by Crippen LogP contribution is -2.25. The summed E-state index contributed by atoms with van der Waals surface area (Å²) < 4.78 is 5.27. The molecule has 0 atom stereocenters. The molecule has 0 bridgehead atoms. The van der Waals surface area contributed by atoms with Gasteiger partial charge in [-0.2, -0.15) is 0 Å². The Morgan fingerprint density at radius 3 is 2.54 bits per heavy atom. The van der Waals surface area contributed by atoms with E-state index in [0.717, 1.165) is 29.4 Å². The zero-order valence-electron chi connectivity index (χ0n) is 14.5. The van der Waals surface area contributed by atoms with E-state index < -0.39 is 5.63 Å².